The van der Waals surface area contributed by atoms with Crippen molar-refractivity contribution in [3.05, 3.63) is 48.0 Å². The van der Waals surface area contributed by atoms with Gasteiger partial charge in [0, 0.05) is 37.9 Å². The molecule has 0 unspecified atom stereocenters. The van der Waals surface area contributed by atoms with Crippen molar-refractivity contribution in [2.24, 2.45) is 0 Å². The van der Waals surface area contributed by atoms with Crippen LogP contribution in [-0.4, -0.2) is 51.3 Å². The van der Waals surface area contributed by atoms with Crippen LogP contribution in [0.25, 0.3) is 0 Å². The first kappa shape index (κ1) is 18.4. The number of hydrogen-bond acceptors (Lipinski definition) is 5. The monoisotopic (exact) mass is 366 g/mol. The van der Waals surface area contributed by atoms with Crippen LogP contribution >= 0.6 is 0 Å². The van der Waals surface area contributed by atoms with Gasteiger partial charge >= 0.3 is 6.03 Å². The lowest BCUT2D eigenvalue weighted by Crippen LogP contribution is -2.50. The number of hydrogen-bond donors (Lipinski definition) is 1. The fourth-order valence-electron chi connectivity index (χ4n) is 3.11. The lowest BCUT2D eigenvalue weighted by molar-refractivity contribution is 0.208. The largest absolute Gasteiger partial charge is 0.493 e. The van der Waals surface area contributed by atoms with Crippen molar-refractivity contribution in [3.8, 4) is 17.6 Å². The smallest absolute Gasteiger partial charge is 0.321 e. The van der Waals surface area contributed by atoms with Gasteiger partial charge in [-0.25, -0.2) is 4.79 Å². The second-order valence-electron chi connectivity index (χ2n) is 6.10. The van der Waals surface area contributed by atoms with Crippen molar-refractivity contribution in [2.75, 3.05) is 50.6 Å². The van der Waals surface area contributed by atoms with E-state index >= 15 is 0 Å². The molecule has 27 heavy (non-hydrogen) atoms. The normalized spacial score (nSPS) is 13.7. The summed E-state index contributed by atoms with van der Waals surface area (Å²) in [7, 11) is 3.13. The average Bonchev–Trinajstić information content (AvgIpc) is 2.73. The Morgan fingerprint density at radius 1 is 1.04 bits per heavy atom. The number of ether oxygens (including phenoxy) is 2. The molecule has 0 aliphatic carbocycles. The molecule has 1 heterocycles. The van der Waals surface area contributed by atoms with E-state index in [1.807, 2.05) is 24.3 Å². The van der Waals surface area contributed by atoms with Crippen molar-refractivity contribution >= 4 is 17.4 Å². The molecule has 0 saturated carbocycles. The maximum atomic E-state index is 12.6. The van der Waals surface area contributed by atoms with Crippen LogP contribution in [0.3, 0.4) is 0 Å². The van der Waals surface area contributed by atoms with Crippen LogP contribution in [0, 0.1) is 11.3 Å². The summed E-state index contributed by atoms with van der Waals surface area (Å²) in [4.78, 5) is 16.5. The summed E-state index contributed by atoms with van der Waals surface area (Å²) in [5.74, 6) is 1.17. The fraction of sp³-hybridized carbons (Fsp3) is 0.300. The molecule has 0 spiro atoms. The van der Waals surface area contributed by atoms with Gasteiger partial charge in [-0.05, 0) is 24.3 Å². The molecule has 3 rings (SSSR count). The highest BCUT2D eigenvalue weighted by molar-refractivity contribution is 5.90. The predicted molar refractivity (Wildman–Crippen MR) is 104 cm³/mol. The number of methoxy groups -OCH3 is 2. The number of rotatable bonds is 4. The lowest BCUT2D eigenvalue weighted by atomic mass is 10.1. The van der Waals surface area contributed by atoms with Crippen LogP contribution in [0.15, 0.2) is 42.5 Å². The number of urea groups is 1. The Balaban J connectivity index is 1.61. The van der Waals surface area contributed by atoms with Gasteiger partial charge in [-0.15, -0.1) is 0 Å². The molecule has 1 fully saturated rings. The molecule has 7 nitrogen and oxygen atoms in total. The van der Waals surface area contributed by atoms with Crippen LogP contribution in [0.2, 0.25) is 0 Å². The number of carbonyl (C=O) groups excluding carboxylic acids is 1. The highest BCUT2D eigenvalue weighted by atomic mass is 16.5. The summed E-state index contributed by atoms with van der Waals surface area (Å²) in [5.41, 5.74) is 2.22. The highest BCUT2D eigenvalue weighted by Crippen LogP contribution is 2.30. The van der Waals surface area contributed by atoms with Crippen LogP contribution in [0.4, 0.5) is 16.2 Å². The molecule has 1 saturated heterocycles. The molecule has 1 aliphatic rings. The summed E-state index contributed by atoms with van der Waals surface area (Å²) in [6.07, 6.45) is 0. The Kier molecular flexibility index (Phi) is 5.67. The maximum absolute atomic E-state index is 12.6. The predicted octanol–water partition coefficient (Wildman–Crippen LogP) is 2.93. The molecule has 1 aliphatic heterocycles. The van der Waals surface area contributed by atoms with Gasteiger partial charge < -0.3 is 24.6 Å². The summed E-state index contributed by atoms with van der Waals surface area (Å²) in [5, 5.41) is 12.2. The highest BCUT2D eigenvalue weighted by Gasteiger charge is 2.22. The maximum Gasteiger partial charge on any atom is 0.321 e. The minimum atomic E-state index is -0.157. The Morgan fingerprint density at radius 2 is 1.74 bits per heavy atom. The quantitative estimate of drug-likeness (QED) is 0.900. The molecule has 2 aromatic carbocycles. The Bertz CT molecular complexity index is 855. The third kappa shape index (κ3) is 4.06. The SMILES string of the molecule is COc1ccc(NC(=O)N2CCN(c3ccccc3C#N)CC2)cc1OC. The van der Waals surface area contributed by atoms with Gasteiger partial charge in [0.15, 0.2) is 11.5 Å². The molecule has 0 radical (unpaired) electrons. The van der Waals surface area contributed by atoms with Crippen LogP contribution < -0.4 is 19.7 Å². The minimum absolute atomic E-state index is 0.157. The van der Waals surface area contributed by atoms with Crippen molar-refractivity contribution in [1.82, 2.24) is 4.90 Å². The standard InChI is InChI=1S/C20H22N4O3/c1-26-18-8-7-16(13-19(18)27-2)22-20(25)24-11-9-23(10-12-24)17-6-4-3-5-15(17)14-21/h3-8,13H,9-12H2,1-2H3,(H,22,25). The number of nitrogens with one attached hydrogen (secondary N) is 1. The minimum Gasteiger partial charge on any atom is -0.493 e. The molecule has 140 valence electrons. The fourth-order valence-corrected chi connectivity index (χ4v) is 3.11. The number of amides is 2. The molecule has 1 N–H and O–H groups in total. The number of piperazine rings is 1. The molecule has 0 atom stereocenters. The van der Waals surface area contributed by atoms with E-state index in [-0.39, 0.29) is 6.03 Å². The van der Waals surface area contributed by atoms with Gasteiger partial charge in [0.2, 0.25) is 0 Å². The zero-order valence-corrected chi connectivity index (χ0v) is 15.4. The molecular weight excluding hydrogens is 344 g/mol. The van der Waals surface area contributed by atoms with Crippen LogP contribution in [0.5, 0.6) is 11.5 Å². The molecular formula is C20H22N4O3. The van der Waals surface area contributed by atoms with Gasteiger partial charge in [0.25, 0.3) is 0 Å². The summed E-state index contributed by atoms with van der Waals surface area (Å²) in [6.45, 7) is 2.52. The van der Waals surface area contributed by atoms with Gasteiger partial charge in [0.1, 0.15) is 6.07 Å². The van der Waals surface area contributed by atoms with Crippen LogP contribution in [-0.2, 0) is 0 Å². The number of nitrogens with zero attached hydrogens (tertiary/aromatic N) is 3. The van der Waals surface area contributed by atoms with E-state index in [4.69, 9.17) is 9.47 Å². The number of para-hydroxylation sites is 1. The molecule has 0 bridgehead atoms. The van der Waals surface area contributed by atoms with E-state index in [0.29, 0.717) is 48.9 Å². The van der Waals surface area contributed by atoms with Gasteiger partial charge in [-0.2, -0.15) is 5.26 Å². The number of carbonyl (C=O) groups is 1. The van der Waals surface area contributed by atoms with Crippen molar-refractivity contribution in [2.45, 2.75) is 0 Å². The second-order valence-corrected chi connectivity index (χ2v) is 6.10. The van der Waals surface area contributed by atoms with E-state index in [1.54, 1.807) is 37.3 Å². The van der Waals surface area contributed by atoms with Gasteiger partial charge in [-0.3, -0.25) is 0 Å². The van der Waals surface area contributed by atoms with E-state index in [1.165, 1.54) is 0 Å². The van der Waals surface area contributed by atoms with Crippen molar-refractivity contribution in [3.63, 3.8) is 0 Å². The molecule has 2 aromatic rings. The second kappa shape index (κ2) is 8.32. The topological polar surface area (TPSA) is 77.8 Å². The molecule has 0 aromatic heterocycles. The number of nitriles is 1. The van der Waals surface area contributed by atoms with E-state index in [0.717, 1.165) is 5.69 Å². The van der Waals surface area contributed by atoms with Gasteiger partial charge in [-0.1, -0.05) is 12.1 Å². The average molecular weight is 366 g/mol. The summed E-state index contributed by atoms with van der Waals surface area (Å²) in [6, 6.07) is 14.9. The first-order valence-electron chi connectivity index (χ1n) is 8.68. The van der Waals surface area contributed by atoms with Gasteiger partial charge in [0.05, 0.1) is 25.5 Å². The Morgan fingerprint density at radius 3 is 2.41 bits per heavy atom. The Labute approximate surface area is 158 Å². The molecule has 7 heteroatoms. The third-order valence-electron chi connectivity index (χ3n) is 4.57. The summed E-state index contributed by atoms with van der Waals surface area (Å²) < 4.78 is 10.5. The van der Waals surface area contributed by atoms with E-state index < -0.39 is 0 Å². The zero-order chi connectivity index (χ0) is 19.2. The first-order chi connectivity index (χ1) is 13.2. The van der Waals surface area contributed by atoms with Crippen LogP contribution in [0.1, 0.15) is 5.56 Å². The number of benzene rings is 2. The van der Waals surface area contributed by atoms with Crippen molar-refractivity contribution in [1.29, 1.82) is 5.26 Å². The zero-order valence-electron chi connectivity index (χ0n) is 15.4. The Hall–Kier alpha value is -3.40. The summed E-state index contributed by atoms with van der Waals surface area (Å²) >= 11 is 0. The van der Waals surface area contributed by atoms with E-state index in [2.05, 4.69) is 16.3 Å². The molecule has 2 amide bonds. The van der Waals surface area contributed by atoms with Crippen molar-refractivity contribution < 1.29 is 14.3 Å². The first-order valence-corrected chi connectivity index (χ1v) is 8.68. The lowest BCUT2D eigenvalue weighted by Gasteiger charge is -2.36. The van der Waals surface area contributed by atoms with E-state index in [9.17, 15) is 10.1 Å². The third-order valence-corrected chi connectivity index (χ3v) is 4.57. The number of anilines is 2.